The number of nitrogens with one attached hydrogen (secondary N) is 1. The molecule has 1 aromatic heterocycles. The minimum Gasteiger partial charge on any atom is -0.355 e. The molecule has 0 fully saturated rings. The van der Waals surface area contributed by atoms with E-state index in [1.807, 2.05) is 12.1 Å². The van der Waals surface area contributed by atoms with Crippen LogP contribution in [0.3, 0.4) is 0 Å². The van der Waals surface area contributed by atoms with Gasteiger partial charge in [0.2, 0.25) is 5.91 Å². The van der Waals surface area contributed by atoms with E-state index < -0.39 is 0 Å². The van der Waals surface area contributed by atoms with Gasteiger partial charge in [0.25, 0.3) is 0 Å². The second-order valence-corrected chi connectivity index (χ2v) is 6.33. The van der Waals surface area contributed by atoms with Crippen LogP contribution in [0.25, 0.3) is 0 Å². The first-order valence-electron chi connectivity index (χ1n) is 8.14. The third-order valence-electron chi connectivity index (χ3n) is 4.13. The fraction of sp³-hybridized carbons (Fsp3) is 0.471. The number of amides is 1. The van der Waals surface area contributed by atoms with E-state index >= 15 is 0 Å². The Hall–Kier alpha value is -1.88. The van der Waals surface area contributed by atoms with Crippen molar-refractivity contribution in [2.75, 3.05) is 6.54 Å². The van der Waals surface area contributed by atoms with E-state index in [4.69, 9.17) is 11.6 Å². The number of benzene rings is 1. The predicted molar refractivity (Wildman–Crippen MR) is 89.4 cm³/mol. The fourth-order valence-electron chi connectivity index (χ4n) is 2.89. The molecule has 0 saturated heterocycles. The molecule has 1 N–H and O–H groups in total. The Kier molecular flexibility index (Phi) is 5.28. The molecule has 1 aliphatic rings. The standard InChI is InChI=1S/C17H21ClN4O/c18-14-7-5-13(6-8-14)12-17(23)19-10-9-16-21-20-15-4-2-1-3-11-22(15)16/h5-8H,1-4,9-12H2,(H,19,23). The summed E-state index contributed by atoms with van der Waals surface area (Å²) >= 11 is 5.84. The molecule has 1 amide bonds. The molecule has 0 saturated carbocycles. The number of fused-ring (bicyclic) bond motifs is 1. The highest BCUT2D eigenvalue weighted by atomic mass is 35.5. The number of nitrogens with zero attached hydrogens (tertiary/aromatic N) is 3. The Labute approximate surface area is 141 Å². The minimum atomic E-state index is 0.0166. The smallest absolute Gasteiger partial charge is 0.224 e. The van der Waals surface area contributed by atoms with Crippen molar-refractivity contribution >= 4 is 17.5 Å². The van der Waals surface area contributed by atoms with Crippen molar-refractivity contribution in [2.45, 2.75) is 45.1 Å². The Balaban J connectivity index is 1.48. The van der Waals surface area contributed by atoms with Crippen LogP contribution in [-0.2, 0) is 30.6 Å². The van der Waals surface area contributed by atoms with Crippen LogP contribution < -0.4 is 5.32 Å². The van der Waals surface area contributed by atoms with E-state index in [9.17, 15) is 4.79 Å². The molecule has 1 aliphatic heterocycles. The largest absolute Gasteiger partial charge is 0.355 e. The van der Waals surface area contributed by atoms with Crippen LogP contribution in [0.15, 0.2) is 24.3 Å². The van der Waals surface area contributed by atoms with Crippen molar-refractivity contribution in [1.82, 2.24) is 20.1 Å². The number of carbonyl (C=O) groups excluding carboxylic acids is 1. The van der Waals surface area contributed by atoms with Gasteiger partial charge in [-0.15, -0.1) is 10.2 Å². The number of aryl methyl sites for hydroxylation is 1. The van der Waals surface area contributed by atoms with Crippen molar-refractivity contribution in [2.24, 2.45) is 0 Å². The van der Waals surface area contributed by atoms with E-state index in [1.165, 1.54) is 19.3 Å². The topological polar surface area (TPSA) is 59.8 Å². The Morgan fingerprint density at radius 1 is 1.17 bits per heavy atom. The average molecular weight is 333 g/mol. The maximum Gasteiger partial charge on any atom is 0.224 e. The second-order valence-electron chi connectivity index (χ2n) is 5.90. The van der Waals surface area contributed by atoms with E-state index in [0.29, 0.717) is 18.0 Å². The molecule has 0 atom stereocenters. The van der Waals surface area contributed by atoms with Gasteiger partial charge in [0, 0.05) is 31.0 Å². The van der Waals surface area contributed by atoms with Gasteiger partial charge in [-0.05, 0) is 30.5 Å². The van der Waals surface area contributed by atoms with Gasteiger partial charge in [0.05, 0.1) is 6.42 Å². The highest BCUT2D eigenvalue weighted by molar-refractivity contribution is 6.30. The summed E-state index contributed by atoms with van der Waals surface area (Å²) in [5.74, 6) is 2.08. The average Bonchev–Trinajstić information content (AvgIpc) is 2.78. The summed E-state index contributed by atoms with van der Waals surface area (Å²) in [4.78, 5) is 12.0. The molecule has 122 valence electrons. The van der Waals surface area contributed by atoms with Gasteiger partial charge in [0.1, 0.15) is 11.6 Å². The highest BCUT2D eigenvalue weighted by Gasteiger charge is 2.14. The van der Waals surface area contributed by atoms with Gasteiger partial charge in [-0.2, -0.15) is 0 Å². The lowest BCUT2D eigenvalue weighted by Gasteiger charge is -2.08. The summed E-state index contributed by atoms with van der Waals surface area (Å²) in [6, 6.07) is 7.35. The molecule has 0 radical (unpaired) electrons. The monoisotopic (exact) mass is 332 g/mol. The molecular formula is C17H21ClN4O. The van der Waals surface area contributed by atoms with E-state index in [2.05, 4.69) is 20.1 Å². The van der Waals surface area contributed by atoms with Crippen LogP contribution in [-0.4, -0.2) is 27.2 Å². The molecular weight excluding hydrogens is 312 g/mol. The molecule has 0 unspecified atom stereocenters. The number of halogens is 1. The van der Waals surface area contributed by atoms with Crippen LogP contribution in [0.4, 0.5) is 0 Å². The summed E-state index contributed by atoms with van der Waals surface area (Å²) in [7, 11) is 0. The molecule has 0 spiro atoms. The van der Waals surface area contributed by atoms with Gasteiger partial charge >= 0.3 is 0 Å². The first-order valence-corrected chi connectivity index (χ1v) is 8.52. The maximum atomic E-state index is 12.0. The van der Waals surface area contributed by atoms with Gasteiger partial charge in [-0.3, -0.25) is 4.79 Å². The zero-order chi connectivity index (χ0) is 16.1. The van der Waals surface area contributed by atoms with Crippen LogP contribution in [0.2, 0.25) is 5.02 Å². The molecule has 1 aromatic carbocycles. The summed E-state index contributed by atoms with van der Waals surface area (Å²) < 4.78 is 2.22. The predicted octanol–water partition coefficient (Wildman–Crippen LogP) is 2.56. The van der Waals surface area contributed by atoms with E-state index in [-0.39, 0.29) is 5.91 Å². The molecule has 5 nitrogen and oxygen atoms in total. The van der Waals surface area contributed by atoms with Crippen molar-refractivity contribution in [3.8, 4) is 0 Å². The SMILES string of the molecule is O=C(Cc1ccc(Cl)cc1)NCCc1nnc2n1CCCCC2. The first-order chi connectivity index (χ1) is 11.2. The lowest BCUT2D eigenvalue weighted by atomic mass is 10.1. The third-order valence-corrected chi connectivity index (χ3v) is 4.39. The maximum absolute atomic E-state index is 12.0. The van der Waals surface area contributed by atoms with Crippen molar-refractivity contribution in [3.63, 3.8) is 0 Å². The summed E-state index contributed by atoms with van der Waals surface area (Å²) in [6.45, 7) is 1.58. The van der Waals surface area contributed by atoms with Crippen LogP contribution in [0, 0.1) is 0 Å². The zero-order valence-corrected chi connectivity index (χ0v) is 13.9. The van der Waals surface area contributed by atoms with Gasteiger partial charge in [-0.25, -0.2) is 0 Å². The van der Waals surface area contributed by atoms with Crippen molar-refractivity contribution in [1.29, 1.82) is 0 Å². The molecule has 2 heterocycles. The normalized spacial score (nSPS) is 14.1. The molecule has 23 heavy (non-hydrogen) atoms. The lowest BCUT2D eigenvalue weighted by molar-refractivity contribution is -0.120. The zero-order valence-electron chi connectivity index (χ0n) is 13.1. The molecule has 0 aliphatic carbocycles. The quantitative estimate of drug-likeness (QED) is 0.915. The van der Waals surface area contributed by atoms with Crippen LogP contribution in [0.1, 0.15) is 36.5 Å². The Morgan fingerprint density at radius 3 is 2.83 bits per heavy atom. The Morgan fingerprint density at radius 2 is 2.00 bits per heavy atom. The summed E-state index contributed by atoms with van der Waals surface area (Å²) in [5.41, 5.74) is 0.961. The third kappa shape index (κ3) is 4.32. The molecule has 2 aromatic rings. The number of rotatable bonds is 5. The fourth-order valence-corrected chi connectivity index (χ4v) is 3.02. The van der Waals surface area contributed by atoms with Crippen LogP contribution >= 0.6 is 11.6 Å². The highest BCUT2D eigenvalue weighted by Crippen LogP contribution is 2.14. The first kappa shape index (κ1) is 16.0. The summed E-state index contributed by atoms with van der Waals surface area (Å²) in [6.07, 6.45) is 5.72. The van der Waals surface area contributed by atoms with Gasteiger partial charge in [-0.1, -0.05) is 30.2 Å². The molecule has 0 bridgehead atoms. The van der Waals surface area contributed by atoms with Crippen molar-refractivity contribution in [3.05, 3.63) is 46.5 Å². The number of hydrogen-bond acceptors (Lipinski definition) is 3. The molecule has 6 heteroatoms. The minimum absolute atomic E-state index is 0.0166. The number of carbonyl (C=O) groups is 1. The summed E-state index contributed by atoms with van der Waals surface area (Å²) in [5, 5.41) is 12.2. The van der Waals surface area contributed by atoms with Gasteiger partial charge < -0.3 is 9.88 Å². The number of hydrogen-bond donors (Lipinski definition) is 1. The van der Waals surface area contributed by atoms with Gasteiger partial charge in [0.15, 0.2) is 0 Å². The van der Waals surface area contributed by atoms with E-state index in [0.717, 1.165) is 36.6 Å². The lowest BCUT2D eigenvalue weighted by Crippen LogP contribution is -2.28. The second kappa shape index (κ2) is 7.59. The number of aromatic nitrogens is 3. The van der Waals surface area contributed by atoms with E-state index in [1.54, 1.807) is 12.1 Å². The molecule has 3 rings (SSSR count). The van der Waals surface area contributed by atoms with Crippen molar-refractivity contribution < 1.29 is 4.79 Å². The van der Waals surface area contributed by atoms with Crippen LogP contribution in [0.5, 0.6) is 0 Å². The Bertz CT molecular complexity index is 666.